The summed E-state index contributed by atoms with van der Waals surface area (Å²) >= 11 is 3.60. The maximum Gasteiger partial charge on any atom is 0.0425 e. The maximum absolute atomic E-state index is 3.62. The summed E-state index contributed by atoms with van der Waals surface area (Å²) in [5, 5.41) is 3.62. The van der Waals surface area contributed by atoms with Gasteiger partial charge in [-0.2, -0.15) is 0 Å². The van der Waals surface area contributed by atoms with Crippen LogP contribution < -0.4 is 10.2 Å². The fourth-order valence-electron chi connectivity index (χ4n) is 2.10. The molecule has 1 aliphatic rings. The number of rotatable bonds is 6. The molecule has 106 valence electrons. The Hall–Kier alpha value is -0.540. The third-order valence-corrected chi connectivity index (χ3v) is 4.83. The SMILES string of the molecule is CCC(C)(C)N(C)c1cc(Br)ccc1CNC1CC1. The first-order valence-electron chi connectivity index (χ1n) is 7.19. The number of hydrogen-bond donors (Lipinski definition) is 1. The molecule has 0 aliphatic heterocycles. The molecule has 0 aromatic heterocycles. The van der Waals surface area contributed by atoms with E-state index in [1.165, 1.54) is 24.1 Å². The lowest BCUT2D eigenvalue weighted by molar-refractivity contribution is 0.469. The van der Waals surface area contributed by atoms with Crippen molar-refractivity contribution in [2.75, 3.05) is 11.9 Å². The zero-order valence-corrected chi connectivity index (χ0v) is 14.0. The molecule has 3 heteroatoms. The lowest BCUT2D eigenvalue weighted by Gasteiger charge is -2.38. The zero-order valence-electron chi connectivity index (χ0n) is 12.5. The van der Waals surface area contributed by atoms with Crippen LogP contribution in [-0.2, 0) is 6.54 Å². The minimum atomic E-state index is 0.176. The number of hydrogen-bond acceptors (Lipinski definition) is 2. The Balaban J connectivity index is 2.22. The van der Waals surface area contributed by atoms with Crippen LogP contribution in [0.2, 0.25) is 0 Å². The van der Waals surface area contributed by atoms with Crippen molar-refractivity contribution >= 4 is 21.6 Å². The van der Waals surface area contributed by atoms with Crippen molar-refractivity contribution in [2.24, 2.45) is 0 Å². The normalized spacial score (nSPS) is 15.6. The molecule has 1 aromatic rings. The van der Waals surface area contributed by atoms with Gasteiger partial charge in [0.05, 0.1) is 0 Å². The topological polar surface area (TPSA) is 15.3 Å². The monoisotopic (exact) mass is 324 g/mol. The summed E-state index contributed by atoms with van der Waals surface area (Å²) in [4.78, 5) is 2.40. The highest BCUT2D eigenvalue weighted by molar-refractivity contribution is 9.10. The van der Waals surface area contributed by atoms with Crippen LogP contribution in [0.25, 0.3) is 0 Å². The van der Waals surface area contributed by atoms with Gasteiger partial charge >= 0.3 is 0 Å². The van der Waals surface area contributed by atoms with Crippen molar-refractivity contribution in [3.8, 4) is 0 Å². The average molecular weight is 325 g/mol. The third kappa shape index (κ3) is 3.73. The Bertz CT molecular complexity index is 438. The summed E-state index contributed by atoms with van der Waals surface area (Å²) in [6, 6.07) is 7.36. The summed E-state index contributed by atoms with van der Waals surface area (Å²) in [5.74, 6) is 0. The number of halogens is 1. The van der Waals surface area contributed by atoms with E-state index in [4.69, 9.17) is 0 Å². The summed E-state index contributed by atoms with van der Waals surface area (Å²) in [7, 11) is 2.20. The van der Waals surface area contributed by atoms with Crippen LogP contribution in [0.3, 0.4) is 0 Å². The first kappa shape index (κ1) is 14.9. The fourth-order valence-corrected chi connectivity index (χ4v) is 2.45. The molecule has 1 fully saturated rings. The van der Waals surface area contributed by atoms with Gasteiger partial charge in [0, 0.05) is 35.3 Å². The Kier molecular flexibility index (Phi) is 4.57. The molecule has 2 nitrogen and oxygen atoms in total. The van der Waals surface area contributed by atoms with E-state index >= 15 is 0 Å². The van der Waals surface area contributed by atoms with E-state index < -0.39 is 0 Å². The van der Waals surface area contributed by atoms with Gasteiger partial charge in [-0.15, -0.1) is 0 Å². The van der Waals surface area contributed by atoms with Crippen LogP contribution in [0.5, 0.6) is 0 Å². The minimum Gasteiger partial charge on any atom is -0.369 e. The van der Waals surface area contributed by atoms with E-state index in [9.17, 15) is 0 Å². The minimum absolute atomic E-state index is 0.176. The van der Waals surface area contributed by atoms with E-state index in [0.717, 1.165) is 23.5 Å². The largest absolute Gasteiger partial charge is 0.369 e. The molecule has 19 heavy (non-hydrogen) atoms. The molecule has 0 unspecified atom stereocenters. The van der Waals surface area contributed by atoms with E-state index in [-0.39, 0.29) is 5.54 Å². The Morgan fingerprint density at radius 3 is 2.63 bits per heavy atom. The summed E-state index contributed by atoms with van der Waals surface area (Å²) in [6.07, 6.45) is 3.80. The van der Waals surface area contributed by atoms with Gasteiger partial charge in [0.15, 0.2) is 0 Å². The molecule has 0 radical (unpaired) electrons. The number of nitrogens with zero attached hydrogens (tertiary/aromatic N) is 1. The molecular weight excluding hydrogens is 300 g/mol. The van der Waals surface area contributed by atoms with Crippen molar-refractivity contribution in [3.05, 3.63) is 28.2 Å². The number of benzene rings is 1. The van der Waals surface area contributed by atoms with E-state index in [0.29, 0.717) is 0 Å². The predicted molar refractivity (Wildman–Crippen MR) is 86.8 cm³/mol. The van der Waals surface area contributed by atoms with Gasteiger partial charge in [-0.1, -0.05) is 28.9 Å². The van der Waals surface area contributed by atoms with Gasteiger partial charge in [0.25, 0.3) is 0 Å². The van der Waals surface area contributed by atoms with Crippen LogP contribution in [0.4, 0.5) is 5.69 Å². The summed E-state index contributed by atoms with van der Waals surface area (Å²) in [5.41, 5.74) is 2.89. The quantitative estimate of drug-likeness (QED) is 0.838. The molecule has 1 saturated carbocycles. The number of nitrogens with one attached hydrogen (secondary N) is 1. The standard InChI is InChI=1S/C16H25BrN2/c1-5-16(2,3)19(4)15-10-13(17)7-6-12(15)11-18-14-8-9-14/h6-7,10,14,18H,5,8-9,11H2,1-4H3. The Labute approximate surface area is 125 Å². The zero-order chi connectivity index (χ0) is 14.0. The van der Waals surface area contributed by atoms with Gasteiger partial charge < -0.3 is 10.2 Å². The smallest absolute Gasteiger partial charge is 0.0425 e. The highest BCUT2D eigenvalue weighted by Crippen LogP contribution is 2.31. The van der Waals surface area contributed by atoms with Crippen molar-refractivity contribution in [2.45, 2.75) is 58.2 Å². The van der Waals surface area contributed by atoms with Gasteiger partial charge in [-0.05, 0) is 50.8 Å². The first-order valence-corrected chi connectivity index (χ1v) is 7.99. The molecule has 0 saturated heterocycles. The first-order chi connectivity index (χ1) is 8.94. The van der Waals surface area contributed by atoms with Crippen LogP contribution in [0, 0.1) is 0 Å². The summed E-state index contributed by atoms with van der Waals surface area (Å²) < 4.78 is 1.15. The Morgan fingerprint density at radius 2 is 2.05 bits per heavy atom. The van der Waals surface area contributed by atoms with Crippen LogP contribution in [0.1, 0.15) is 45.6 Å². The molecule has 1 N–H and O–H groups in total. The second kappa shape index (κ2) is 5.84. The second-order valence-corrected chi connectivity index (χ2v) is 7.07. The number of anilines is 1. The molecule has 1 aromatic carbocycles. The molecule has 0 atom stereocenters. The maximum atomic E-state index is 3.62. The highest BCUT2D eigenvalue weighted by atomic mass is 79.9. The summed E-state index contributed by atoms with van der Waals surface area (Å²) in [6.45, 7) is 7.81. The van der Waals surface area contributed by atoms with Gasteiger partial charge in [0.1, 0.15) is 0 Å². The predicted octanol–water partition coefficient (Wildman–Crippen LogP) is 4.33. The third-order valence-electron chi connectivity index (χ3n) is 4.34. The van der Waals surface area contributed by atoms with Crippen molar-refractivity contribution < 1.29 is 0 Å². The molecule has 0 spiro atoms. The fraction of sp³-hybridized carbons (Fsp3) is 0.625. The van der Waals surface area contributed by atoms with Gasteiger partial charge in [-0.3, -0.25) is 0 Å². The second-order valence-electron chi connectivity index (χ2n) is 6.15. The van der Waals surface area contributed by atoms with Crippen molar-refractivity contribution in [3.63, 3.8) is 0 Å². The van der Waals surface area contributed by atoms with Gasteiger partial charge in [0.2, 0.25) is 0 Å². The molecule has 0 heterocycles. The molecule has 0 bridgehead atoms. The Morgan fingerprint density at radius 1 is 1.37 bits per heavy atom. The van der Waals surface area contributed by atoms with E-state index in [1.54, 1.807) is 0 Å². The highest BCUT2D eigenvalue weighted by Gasteiger charge is 2.25. The van der Waals surface area contributed by atoms with Gasteiger partial charge in [-0.25, -0.2) is 0 Å². The van der Waals surface area contributed by atoms with Crippen molar-refractivity contribution in [1.82, 2.24) is 5.32 Å². The molecular formula is C16H25BrN2. The molecule has 1 aliphatic carbocycles. The van der Waals surface area contributed by atoms with Crippen LogP contribution >= 0.6 is 15.9 Å². The van der Waals surface area contributed by atoms with Crippen LogP contribution in [0.15, 0.2) is 22.7 Å². The van der Waals surface area contributed by atoms with Crippen LogP contribution in [-0.4, -0.2) is 18.6 Å². The van der Waals surface area contributed by atoms with E-state index in [1.807, 2.05) is 0 Å². The molecule has 2 rings (SSSR count). The van der Waals surface area contributed by atoms with Crippen molar-refractivity contribution in [1.29, 1.82) is 0 Å². The lowest BCUT2D eigenvalue weighted by Crippen LogP contribution is -2.41. The van der Waals surface area contributed by atoms with E-state index in [2.05, 4.69) is 72.2 Å². The molecule has 0 amide bonds. The lowest BCUT2D eigenvalue weighted by atomic mass is 9.98. The average Bonchev–Trinajstić information content (AvgIpc) is 3.20.